The normalized spacial score (nSPS) is 20.5. The number of nitrogens with zero attached hydrogens (tertiary/aromatic N) is 3. The van der Waals surface area contributed by atoms with Crippen LogP contribution >= 0.6 is 11.6 Å². The van der Waals surface area contributed by atoms with Crippen LogP contribution in [0, 0.1) is 5.92 Å². The number of nitrogens with one attached hydrogen (secondary N) is 1. The average Bonchev–Trinajstić information content (AvgIpc) is 2.99. The number of pyridine rings is 1. The third kappa shape index (κ3) is 3.39. The molecule has 2 aromatic heterocycles. The fourth-order valence-electron chi connectivity index (χ4n) is 4.39. The van der Waals surface area contributed by atoms with Gasteiger partial charge in [-0.2, -0.15) is 0 Å². The van der Waals surface area contributed by atoms with Gasteiger partial charge in [-0.05, 0) is 43.7 Å². The first-order valence-corrected chi connectivity index (χ1v) is 9.97. The molecule has 4 rings (SSSR count). The van der Waals surface area contributed by atoms with Gasteiger partial charge in [0, 0.05) is 12.6 Å². The van der Waals surface area contributed by atoms with Gasteiger partial charge in [0.05, 0.1) is 0 Å². The third-order valence-corrected chi connectivity index (χ3v) is 5.93. The van der Waals surface area contributed by atoms with Gasteiger partial charge in [-0.25, -0.2) is 9.97 Å². The Bertz CT molecular complexity index is 684. The minimum Gasteiger partial charge on any atom is -0.355 e. The molecule has 0 aliphatic heterocycles. The van der Waals surface area contributed by atoms with Crippen LogP contribution in [0.5, 0.6) is 0 Å². The topological polar surface area (TPSA) is 42.7 Å². The largest absolute Gasteiger partial charge is 0.355 e. The summed E-state index contributed by atoms with van der Waals surface area (Å²) in [5.41, 5.74) is 1.90. The Balaban J connectivity index is 1.62. The Kier molecular flexibility index (Phi) is 4.93. The zero-order chi connectivity index (χ0) is 16.4. The predicted molar refractivity (Wildman–Crippen MR) is 99.7 cm³/mol. The summed E-state index contributed by atoms with van der Waals surface area (Å²) in [7, 11) is 0. The van der Waals surface area contributed by atoms with Crippen molar-refractivity contribution in [1.82, 2.24) is 14.5 Å². The van der Waals surface area contributed by atoms with Crippen LogP contribution in [0.4, 0.5) is 5.95 Å². The molecule has 0 bridgehead atoms. The number of halogens is 1. The van der Waals surface area contributed by atoms with Gasteiger partial charge in [-0.15, -0.1) is 0 Å². The van der Waals surface area contributed by atoms with Crippen LogP contribution in [0.2, 0.25) is 5.15 Å². The summed E-state index contributed by atoms with van der Waals surface area (Å²) in [5, 5.41) is 4.21. The lowest BCUT2D eigenvalue weighted by molar-refractivity contribution is 0.356. The number of hydrogen-bond donors (Lipinski definition) is 1. The van der Waals surface area contributed by atoms with Crippen LogP contribution in [-0.4, -0.2) is 21.1 Å². The second kappa shape index (κ2) is 7.30. The number of imidazole rings is 1. The van der Waals surface area contributed by atoms with Crippen molar-refractivity contribution in [3.8, 4) is 0 Å². The highest BCUT2D eigenvalue weighted by Gasteiger charge is 2.23. The Morgan fingerprint density at radius 2 is 1.67 bits per heavy atom. The van der Waals surface area contributed by atoms with Crippen LogP contribution in [0.1, 0.15) is 70.3 Å². The molecule has 1 N–H and O–H groups in total. The van der Waals surface area contributed by atoms with Crippen molar-refractivity contribution in [3.63, 3.8) is 0 Å². The molecular weight excluding hydrogens is 320 g/mol. The van der Waals surface area contributed by atoms with E-state index in [1.807, 2.05) is 12.1 Å². The second-order valence-electron chi connectivity index (χ2n) is 7.46. The molecule has 4 nitrogen and oxygen atoms in total. The van der Waals surface area contributed by atoms with Crippen molar-refractivity contribution in [2.45, 2.75) is 70.3 Å². The summed E-state index contributed by atoms with van der Waals surface area (Å²) in [5.74, 6) is 1.78. The number of aromatic nitrogens is 3. The Morgan fingerprint density at radius 3 is 2.42 bits per heavy atom. The monoisotopic (exact) mass is 346 g/mol. The first-order chi connectivity index (χ1) is 11.8. The Labute approximate surface area is 149 Å². The van der Waals surface area contributed by atoms with Gasteiger partial charge in [0.1, 0.15) is 10.7 Å². The molecule has 2 fully saturated rings. The number of rotatable bonds is 4. The van der Waals surface area contributed by atoms with E-state index < -0.39 is 0 Å². The van der Waals surface area contributed by atoms with Crippen molar-refractivity contribution >= 4 is 28.7 Å². The van der Waals surface area contributed by atoms with E-state index in [0.29, 0.717) is 11.2 Å². The predicted octanol–water partition coefficient (Wildman–Crippen LogP) is 5.58. The molecule has 0 aromatic carbocycles. The maximum Gasteiger partial charge on any atom is 0.205 e. The summed E-state index contributed by atoms with van der Waals surface area (Å²) in [6.07, 6.45) is 13.2. The smallest absolute Gasteiger partial charge is 0.205 e. The molecule has 0 amide bonds. The molecular formula is C19H27ClN4. The van der Waals surface area contributed by atoms with E-state index in [2.05, 4.69) is 14.9 Å². The van der Waals surface area contributed by atoms with E-state index in [4.69, 9.17) is 16.6 Å². The molecule has 5 heteroatoms. The van der Waals surface area contributed by atoms with Gasteiger partial charge < -0.3 is 5.32 Å². The van der Waals surface area contributed by atoms with Crippen LogP contribution in [0.3, 0.4) is 0 Å². The summed E-state index contributed by atoms with van der Waals surface area (Å²) in [6.45, 7) is 1.03. The van der Waals surface area contributed by atoms with Crippen LogP contribution in [-0.2, 0) is 0 Å². The number of hydrogen-bond acceptors (Lipinski definition) is 3. The molecule has 0 radical (unpaired) electrons. The quantitative estimate of drug-likeness (QED) is 0.734. The summed E-state index contributed by atoms with van der Waals surface area (Å²) in [4.78, 5) is 9.44. The fourth-order valence-corrected chi connectivity index (χ4v) is 4.53. The molecule has 130 valence electrons. The maximum atomic E-state index is 6.17. The van der Waals surface area contributed by atoms with E-state index in [1.165, 1.54) is 64.2 Å². The molecule has 2 heterocycles. The van der Waals surface area contributed by atoms with Gasteiger partial charge in [0.2, 0.25) is 5.95 Å². The van der Waals surface area contributed by atoms with Crippen LogP contribution in [0.15, 0.2) is 12.1 Å². The lowest BCUT2D eigenvalue weighted by Crippen LogP contribution is -2.21. The zero-order valence-electron chi connectivity index (χ0n) is 14.3. The molecule has 2 aliphatic carbocycles. The van der Waals surface area contributed by atoms with Crippen molar-refractivity contribution in [1.29, 1.82) is 0 Å². The minimum atomic E-state index is 0.503. The molecule has 0 saturated heterocycles. The van der Waals surface area contributed by atoms with Crippen molar-refractivity contribution in [3.05, 3.63) is 17.3 Å². The minimum absolute atomic E-state index is 0.503. The fraction of sp³-hybridized carbons (Fsp3) is 0.684. The van der Waals surface area contributed by atoms with Crippen molar-refractivity contribution < 1.29 is 0 Å². The SMILES string of the molecule is Clc1ccc2nc(NCC3CCCCC3)n(C3CCCCC3)c2n1. The van der Waals surface area contributed by atoms with E-state index in [9.17, 15) is 0 Å². The Morgan fingerprint density at radius 1 is 0.958 bits per heavy atom. The second-order valence-corrected chi connectivity index (χ2v) is 7.85. The standard InChI is InChI=1S/C19H27ClN4/c20-17-12-11-16-18(23-17)24(15-9-5-2-6-10-15)19(22-16)21-13-14-7-3-1-4-8-14/h11-12,14-15H,1-10,13H2,(H,21,22). The van der Waals surface area contributed by atoms with E-state index in [0.717, 1.165) is 29.6 Å². The average molecular weight is 347 g/mol. The van der Waals surface area contributed by atoms with Gasteiger partial charge in [0.15, 0.2) is 5.65 Å². The summed E-state index contributed by atoms with van der Waals surface area (Å²) >= 11 is 6.17. The van der Waals surface area contributed by atoms with Crippen LogP contribution < -0.4 is 5.32 Å². The van der Waals surface area contributed by atoms with E-state index in [-0.39, 0.29) is 0 Å². The Hall–Kier alpha value is -1.29. The highest BCUT2D eigenvalue weighted by atomic mass is 35.5. The highest BCUT2D eigenvalue weighted by Crippen LogP contribution is 2.34. The van der Waals surface area contributed by atoms with Crippen molar-refractivity contribution in [2.24, 2.45) is 5.92 Å². The summed E-state index contributed by atoms with van der Waals surface area (Å²) < 4.78 is 2.34. The number of fused-ring (bicyclic) bond motifs is 1. The first-order valence-electron chi connectivity index (χ1n) is 9.59. The van der Waals surface area contributed by atoms with E-state index in [1.54, 1.807) is 0 Å². The van der Waals surface area contributed by atoms with E-state index >= 15 is 0 Å². The van der Waals surface area contributed by atoms with Crippen LogP contribution in [0.25, 0.3) is 11.2 Å². The van der Waals surface area contributed by atoms with Gasteiger partial charge in [-0.3, -0.25) is 4.57 Å². The molecule has 2 aliphatic rings. The maximum absolute atomic E-state index is 6.17. The highest BCUT2D eigenvalue weighted by molar-refractivity contribution is 6.29. The lowest BCUT2D eigenvalue weighted by atomic mass is 9.89. The van der Waals surface area contributed by atoms with Crippen molar-refractivity contribution in [2.75, 3.05) is 11.9 Å². The van der Waals surface area contributed by atoms with Gasteiger partial charge in [0.25, 0.3) is 0 Å². The molecule has 0 spiro atoms. The van der Waals surface area contributed by atoms with Gasteiger partial charge >= 0.3 is 0 Å². The van der Waals surface area contributed by atoms with Gasteiger partial charge in [-0.1, -0.05) is 50.1 Å². The lowest BCUT2D eigenvalue weighted by Gasteiger charge is -2.26. The molecule has 0 atom stereocenters. The summed E-state index contributed by atoms with van der Waals surface area (Å²) in [6, 6.07) is 4.34. The third-order valence-electron chi connectivity index (χ3n) is 5.72. The number of anilines is 1. The molecule has 2 saturated carbocycles. The molecule has 24 heavy (non-hydrogen) atoms. The zero-order valence-corrected chi connectivity index (χ0v) is 15.1. The first kappa shape index (κ1) is 16.2. The molecule has 0 unspecified atom stereocenters. The molecule has 2 aromatic rings.